The number of piperidine rings is 2. The van der Waals surface area contributed by atoms with Gasteiger partial charge in [-0.25, -0.2) is 4.98 Å². The molecule has 4 fully saturated rings. The molecule has 2 saturated carbocycles. The lowest BCUT2D eigenvalue weighted by Gasteiger charge is -2.63. The fraction of sp³-hybridized carbons (Fsp3) is 0.480. The van der Waals surface area contributed by atoms with E-state index in [0.29, 0.717) is 46.1 Å². The molecule has 16 heteroatoms. The largest absolute Gasteiger partial charge is 0.488 e. The molecule has 3 aliphatic heterocycles. The van der Waals surface area contributed by atoms with E-state index in [1.807, 2.05) is 30.3 Å². The van der Waals surface area contributed by atoms with E-state index < -0.39 is 29.7 Å². The number of hydrogen-bond donors (Lipinski definition) is 2. The predicted octanol–water partition coefficient (Wildman–Crippen LogP) is 6.70. The number of nitriles is 1. The minimum Gasteiger partial charge on any atom is -0.488 e. The van der Waals surface area contributed by atoms with Crippen molar-refractivity contribution in [1.29, 1.82) is 5.26 Å². The molecule has 4 aromatic rings. The second-order valence-electron chi connectivity index (χ2n) is 19.9. The number of imide groups is 2. The van der Waals surface area contributed by atoms with Gasteiger partial charge in [0.05, 0.1) is 39.8 Å². The Labute approximate surface area is 389 Å². The van der Waals surface area contributed by atoms with Crippen molar-refractivity contribution in [2.24, 2.45) is 16.7 Å². The Hall–Kier alpha value is -6.05. The zero-order chi connectivity index (χ0) is 46.7. The van der Waals surface area contributed by atoms with E-state index in [4.69, 9.17) is 13.9 Å². The first kappa shape index (κ1) is 45.1. The molecule has 1 atom stereocenters. The quantitative estimate of drug-likeness (QED) is 0.107. The third kappa shape index (κ3) is 8.25. The highest BCUT2D eigenvalue weighted by atomic mass is 32.2. The number of nitrogens with zero attached hydrogens (tertiary/aromatic N) is 6. The highest BCUT2D eigenvalue weighted by Gasteiger charge is 2.64. The smallest absolute Gasteiger partial charge is 0.262 e. The van der Waals surface area contributed by atoms with Crippen molar-refractivity contribution in [3.63, 3.8) is 0 Å². The first-order valence-electron chi connectivity index (χ1n) is 23.0. The Balaban J connectivity index is 0.728. The summed E-state index contributed by atoms with van der Waals surface area (Å²) in [6.07, 6.45) is 7.39. The maximum Gasteiger partial charge on any atom is 0.262 e. The highest BCUT2D eigenvalue weighted by molar-refractivity contribution is 7.95. The first-order chi connectivity index (χ1) is 31.5. The molecule has 66 heavy (non-hydrogen) atoms. The maximum absolute atomic E-state index is 13.7. The Bertz CT molecular complexity index is 2620. The van der Waals surface area contributed by atoms with Gasteiger partial charge < -0.3 is 19.1 Å². The van der Waals surface area contributed by atoms with Crippen LogP contribution in [0, 0.1) is 28.1 Å². The monoisotopic (exact) mass is 912 g/mol. The molecule has 5 aliphatic rings. The van der Waals surface area contributed by atoms with Crippen molar-refractivity contribution < 1.29 is 32.9 Å². The lowest BCUT2D eigenvalue weighted by atomic mass is 9.49. The number of fused-ring (bicyclic) bond motifs is 2. The molecule has 9 rings (SSSR count). The number of aromatic nitrogens is 2. The molecule has 2 aromatic heterocycles. The number of pyridine rings is 2. The van der Waals surface area contributed by atoms with Gasteiger partial charge in [0.15, 0.2) is 0 Å². The van der Waals surface area contributed by atoms with Crippen molar-refractivity contribution in [3.05, 3.63) is 89.2 Å². The van der Waals surface area contributed by atoms with Crippen LogP contribution < -0.4 is 24.5 Å². The summed E-state index contributed by atoms with van der Waals surface area (Å²) in [6, 6.07) is 17.9. The number of carbonyl (C=O) groups is 5. The molecule has 1 unspecified atom stereocenters. The van der Waals surface area contributed by atoms with Crippen LogP contribution in [0.2, 0.25) is 0 Å². The number of hydrogen-bond acceptors (Lipinski definition) is 13. The summed E-state index contributed by atoms with van der Waals surface area (Å²) in [7, 11) is 0. The topological polar surface area (TPSA) is 187 Å². The Morgan fingerprint density at radius 2 is 1.71 bits per heavy atom. The fourth-order valence-electron chi connectivity index (χ4n) is 11.1. The number of nitrogens with one attached hydrogen (secondary N) is 2. The van der Waals surface area contributed by atoms with Crippen LogP contribution in [0.5, 0.6) is 11.5 Å². The van der Waals surface area contributed by atoms with E-state index >= 15 is 0 Å². The summed E-state index contributed by atoms with van der Waals surface area (Å²) in [5, 5.41) is 16.2. The zero-order valence-corrected chi connectivity index (χ0v) is 39.0. The third-order valence-corrected chi connectivity index (χ3v) is 15.5. The highest BCUT2D eigenvalue weighted by Crippen LogP contribution is 2.56. The molecule has 2 aromatic carbocycles. The molecule has 2 N–H and O–H groups in total. The van der Waals surface area contributed by atoms with Crippen molar-refractivity contribution in [2.45, 2.75) is 116 Å². The second-order valence-corrected chi connectivity index (χ2v) is 20.9. The van der Waals surface area contributed by atoms with Crippen LogP contribution in [-0.4, -0.2) is 104 Å². The molecule has 15 nitrogen and oxygen atoms in total. The van der Waals surface area contributed by atoms with Gasteiger partial charge in [-0.1, -0.05) is 27.7 Å². The van der Waals surface area contributed by atoms with E-state index in [9.17, 15) is 29.2 Å². The van der Waals surface area contributed by atoms with Crippen LogP contribution in [-0.2, 0) is 9.59 Å². The van der Waals surface area contributed by atoms with E-state index in [1.165, 1.54) is 12.0 Å². The third-order valence-electron chi connectivity index (χ3n) is 14.5. The average Bonchev–Trinajstić information content (AvgIpc) is 3.53. The number of rotatable bonds is 13. The number of ether oxygens (including phenoxy) is 1. The molecular weight excluding hydrogens is 857 g/mol. The molecule has 0 bridgehead atoms. The number of anilines is 1. The van der Waals surface area contributed by atoms with Crippen molar-refractivity contribution in [2.75, 3.05) is 24.5 Å². The van der Waals surface area contributed by atoms with Crippen molar-refractivity contribution in [3.8, 4) is 17.6 Å². The van der Waals surface area contributed by atoms with Crippen LogP contribution in [0.4, 0.5) is 5.82 Å². The van der Waals surface area contributed by atoms with Crippen molar-refractivity contribution in [1.82, 2.24) is 30.4 Å². The minimum absolute atomic E-state index is 0.0711. The summed E-state index contributed by atoms with van der Waals surface area (Å²) in [4.78, 5) is 79.1. The maximum atomic E-state index is 13.7. The van der Waals surface area contributed by atoms with Crippen LogP contribution in [0.15, 0.2) is 67.0 Å². The Kier molecular flexibility index (Phi) is 12.1. The second kappa shape index (κ2) is 17.6. The first-order valence-corrected chi connectivity index (χ1v) is 23.8. The average molecular weight is 913 g/mol. The molecule has 2 aliphatic carbocycles. The molecule has 2 saturated heterocycles. The fourth-order valence-corrected chi connectivity index (χ4v) is 12.1. The summed E-state index contributed by atoms with van der Waals surface area (Å²) < 4.78 is 12.7. The van der Waals surface area contributed by atoms with Gasteiger partial charge in [-0.15, -0.1) is 0 Å². The molecule has 0 spiro atoms. The van der Waals surface area contributed by atoms with E-state index in [2.05, 4.69) is 73.0 Å². The molecule has 5 amide bonds. The van der Waals surface area contributed by atoms with Crippen LogP contribution in [0.1, 0.15) is 117 Å². The van der Waals surface area contributed by atoms with Gasteiger partial charge in [-0.3, -0.25) is 44.1 Å². The van der Waals surface area contributed by atoms with E-state index in [0.717, 1.165) is 61.4 Å². The van der Waals surface area contributed by atoms with Gasteiger partial charge in [0, 0.05) is 78.0 Å². The normalized spacial score (nSPS) is 24.7. The van der Waals surface area contributed by atoms with Crippen LogP contribution in [0.3, 0.4) is 0 Å². The predicted molar refractivity (Wildman–Crippen MR) is 249 cm³/mol. The molecule has 5 heterocycles. The van der Waals surface area contributed by atoms with E-state index in [1.54, 1.807) is 36.7 Å². The molecule has 344 valence electrons. The van der Waals surface area contributed by atoms with Crippen LogP contribution in [0.25, 0.3) is 10.9 Å². The number of carbonyl (C=O) groups excluding carboxylic acids is 5. The van der Waals surface area contributed by atoms with E-state index in [-0.39, 0.29) is 58.1 Å². The summed E-state index contributed by atoms with van der Waals surface area (Å²) in [6.45, 7) is 15.8. The molecular formula is C50H56N8O7S. The zero-order valence-electron chi connectivity index (χ0n) is 38.2. The Morgan fingerprint density at radius 3 is 2.39 bits per heavy atom. The van der Waals surface area contributed by atoms with Gasteiger partial charge in [0.25, 0.3) is 17.7 Å². The van der Waals surface area contributed by atoms with Gasteiger partial charge in [-0.05, 0) is 106 Å². The summed E-state index contributed by atoms with van der Waals surface area (Å²) in [5.74, 6) is 0.279. The number of amides is 5. The summed E-state index contributed by atoms with van der Waals surface area (Å²) in [5.41, 5.74) is 1.29. The van der Waals surface area contributed by atoms with Gasteiger partial charge in [-0.2, -0.15) is 5.26 Å². The minimum atomic E-state index is -1.01. The molecule has 0 radical (unpaired) electrons. The number of benzene rings is 2. The standard InChI is InChI=1S/C50H56N8O7S/c1-28(2)57(32-22-34(23-32)66-65-33-11-12-35-37(24-33)46(63)58(45(35)62)38-13-16-41(59)54-44(38)61)27-29-17-20-56(21-18-29)40-15-10-31(26-53-40)43(60)55-47-49(3,4)48(50(47,5)6)64-39-14-9-30(25-51)42-36(39)8-7-19-52-42/h7-12,14-15,19,24,26,28-29,32,34,38,47-48H,13,16-18,20-23,27H2,1-6H3,(H,55,60)(H,54,59,61)/t32-,34-,38?,47-,48-. The van der Waals surface area contributed by atoms with Crippen molar-refractivity contribution >= 4 is 58.3 Å². The van der Waals surface area contributed by atoms with Gasteiger partial charge in [0.2, 0.25) is 11.8 Å². The van der Waals surface area contributed by atoms with Gasteiger partial charge >= 0.3 is 0 Å². The van der Waals surface area contributed by atoms with Crippen LogP contribution >= 0.6 is 12.0 Å². The van der Waals surface area contributed by atoms with Gasteiger partial charge in [0.1, 0.15) is 35.5 Å². The lowest BCUT2D eigenvalue weighted by molar-refractivity contribution is -0.163. The Morgan fingerprint density at radius 1 is 0.970 bits per heavy atom. The SMILES string of the molecule is CC(C)N(CC1CCN(c2ccc(C(=O)N[C@H]3C(C)(C)[C@H](Oc4ccc(C#N)c5ncccc45)C3(C)C)cn2)CC1)[C@H]1C[C@H](SOc2ccc3c(c2)C(=O)N(C2CCC(=O)NC2=O)C3=O)C1. The lowest BCUT2D eigenvalue weighted by Crippen LogP contribution is -2.74. The summed E-state index contributed by atoms with van der Waals surface area (Å²) >= 11 is 1.39.